The molecule has 4 aliphatic rings. The van der Waals surface area contributed by atoms with Crippen LogP contribution in [0.25, 0.3) is 0 Å². The number of hydrogen-bond donors (Lipinski definition) is 1. The van der Waals surface area contributed by atoms with E-state index in [4.69, 9.17) is 0 Å². The number of carboxylic acids is 1. The summed E-state index contributed by atoms with van der Waals surface area (Å²) in [5.74, 6) is 1.31. The van der Waals surface area contributed by atoms with Gasteiger partial charge in [-0.25, -0.2) is 0 Å². The first-order valence-electron chi connectivity index (χ1n) is 7.66. The Hall–Kier alpha value is -1.06. The first-order chi connectivity index (χ1) is 9.13. The van der Waals surface area contributed by atoms with Crippen molar-refractivity contribution < 1.29 is 14.7 Å². The highest BCUT2D eigenvalue weighted by molar-refractivity contribution is 5.85. The number of carbonyl (C=O) groups excluding carboxylic acids is 1. The molecule has 0 bridgehead atoms. The summed E-state index contributed by atoms with van der Waals surface area (Å²) in [7, 11) is 0. The fraction of sp³-hybridized carbons (Fsp3) is 0.867. The van der Waals surface area contributed by atoms with Gasteiger partial charge in [0.05, 0.1) is 5.41 Å². The van der Waals surface area contributed by atoms with E-state index >= 15 is 0 Å². The van der Waals surface area contributed by atoms with Gasteiger partial charge in [-0.2, -0.15) is 0 Å². The number of fused-ring (bicyclic) bond motifs is 2. The van der Waals surface area contributed by atoms with Gasteiger partial charge in [0, 0.05) is 19.0 Å². The zero-order chi connectivity index (χ0) is 13.2. The number of rotatable bonds is 2. The Morgan fingerprint density at radius 1 is 1.11 bits per heavy atom. The van der Waals surface area contributed by atoms with Crippen molar-refractivity contribution in [3.63, 3.8) is 0 Å². The molecule has 0 aromatic rings. The molecule has 0 radical (unpaired) electrons. The Bertz CT molecular complexity index is 439. The molecule has 3 aliphatic carbocycles. The topological polar surface area (TPSA) is 57.6 Å². The summed E-state index contributed by atoms with van der Waals surface area (Å²) in [5, 5.41) is 9.55. The molecule has 1 saturated heterocycles. The van der Waals surface area contributed by atoms with E-state index in [0.717, 1.165) is 19.3 Å². The third-order valence-corrected chi connectivity index (χ3v) is 6.30. The third kappa shape index (κ3) is 1.46. The minimum Gasteiger partial charge on any atom is -0.481 e. The van der Waals surface area contributed by atoms with Gasteiger partial charge in [0.2, 0.25) is 5.91 Å². The van der Waals surface area contributed by atoms with E-state index < -0.39 is 11.4 Å². The molecule has 1 amide bonds. The van der Waals surface area contributed by atoms with Crippen LogP contribution in [0.5, 0.6) is 0 Å². The van der Waals surface area contributed by atoms with Gasteiger partial charge in [-0.1, -0.05) is 12.8 Å². The van der Waals surface area contributed by atoms with Crippen LogP contribution < -0.4 is 0 Å². The van der Waals surface area contributed by atoms with Crippen molar-refractivity contribution in [2.75, 3.05) is 13.1 Å². The fourth-order valence-electron chi connectivity index (χ4n) is 5.21. The van der Waals surface area contributed by atoms with Gasteiger partial charge in [-0.3, -0.25) is 9.59 Å². The van der Waals surface area contributed by atoms with Crippen LogP contribution in [0.4, 0.5) is 0 Å². The van der Waals surface area contributed by atoms with Gasteiger partial charge >= 0.3 is 5.97 Å². The molecule has 2 unspecified atom stereocenters. The molecule has 3 saturated carbocycles. The van der Waals surface area contributed by atoms with Crippen LogP contribution in [0.3, 0.4) is 0 Å². The maximum absolute atomic E-state index is 12.6. The lowest BCUT2D eigenvalue weighted by Gasteiger charge is -2.23. The normalized spacial score (nSPS) is 47.1. The molecule has 4 rings (SSSR count). The molecule has 4 nitrogen and oxygen atoms in total. The number of carbonyl (C=O) groups is 2. The van der Waals surface area contributed by atoms with Crippen molar-refractivity contribution in [3.05, 3.63) is 0 Å². The summed E-state index contributed by atoms with van der Waals surface area (Å²) < 4.78 is 0. The molecule has 1 heterocycles. The maximum Gasteiger partial charge on any atom is 0.311 e. The smallest absolute Gasteiger partial charge is 0.311 e. The Morgan fingerprint density at radius 3 is 2.47 bits per heavy atom. The number of hydrogen-bond acceptors (Lipinski definition) is 2. The lowest BCUT2D eigenvalue weighted by atomic mass is 9.81. The Labute approximate surface area is 113 Å². The predicted octanol–water partition coefficient (Wildman–Crippen LogP) is 1.75. The van der Waals surface area contributed by atoms with Crippen LogP contribution in [0.1, 0.15) is 38.5 Å². The van der Waals surface area contributed by atoms with Crippen LogP contribution >= 0.6 is 0 Å². The first-order valence-corrected chi connectivity index (χ1v) is 7.66. The van der Waals surface area contributed by atoms with E-state index in [9.17, 15) is 14.7 Å². The molecule has 4 atom stereocenters. The molecular formula is C15H21NO3. The average molecular weight is 263 g/mol. The number of likely N-dealkylation sites (tertiary alicyclic amines) is 1. The van der Waals surface area contributed by atoms with Crippen molar-refractivity contribution in [2.24, 2.45) is 29.1 Å². The molecule has 19 heavy (non-hydrogen) atoms. The lowest BCUT2D eigenvalue weighted by molar-refractivity contribution is -0.149. The van der Waals surface area contributed by atoms with Gasteiger partial charge in [0.25, 0.3) is 0 Å². The summed E-state index contributed by atoms with van der Waals surface area (Å²) in [5.41, 5.74) is -0.611. The fourth-order valence-corrected chi connectivity index (χ4v) is 5.21. The monoisotopic (exact) mass is 263 g/mol. The van der Waals surface area contributed by atoms with E-state index in [1.165, 1.54) is 19.3 Å². The van der Waals surface area contributed by atoms with E-state index in [-0.39, 0.29) is 17.7 Å². The number of aliphatic carboxylic acids is 1. The summed E-state index contributed by atoms with van der Waals surface area (Å²) in [4.78, 5) is 26.1. The van der Waals surface area contributed by atoms with Gasteiger partial charge in [0.15, 0.2) is 0 Å². The van der Waals surface area contributed by atoms with Gasteiger partial charge < -0.3 is 10.0 Å². The number of nitrogens with zero attached hydrogens (tertiary/aromatic N) is 1. The minimum atomic E-state index is -0.679. The Kier molecular flexibility index (Phi) is 2.31. The maximum atomic E-state index is 12.6. The van der Waals surface area contributed by atoms with Crippen LogP contribution in [0, 0.1) is 29.1 Å². The summed E-state index contributed by atoms with van der Waals surface area (Å²) in [6.07, 6.45) is 6.45. The second kappa shape index (κ2) is 3.74. The van der Waals surface area contributed by atoms with E-state index in [0.29, 0.717) is 24.9 Å². The SMILES string of the molecule is O=C(C1C2CCCC21)N1C[C@@H]2CCC[C@@]2(C(=O)O)C1. The van der Waals surface area contributed by atoms with Crippen molar-refractivity contribution in [1.29, 1.82) is 0 Å². The quantitative estimate of drug-likeness (QED) is 0.825. The molecule has 4 fully saturated rings. The highest BCUT2D eigenvalue weighted by Crippen LogP contribution is 2.59. The van der Waals surface area contributed by atoms with Crippen LogP contribution in [-0.2, 0) is 9.59 Å². The molecule has 104 valence electrons. The number of carboxylic acid groups (broad SMARTS) is 1. The molecule has 1 aliphatic heterocycles. The van der Waals surface area contributed by atoms with Crippen LogP contribution in [-0.4, -0.2) is 35.0 Å². The van der Waals surface area contributed by atoms with Gasteiger partial charge in [-0.15, -0.1) is 0 Å². The van der Waals surface area contributed by atoms with Gasteiger partial charge in [-0.05, 0) is 43.4 Å². The predicted molar refractivity (Wildman–Crippen MR) is 68.3 cm³/mol. The molecule has 0 spiro atoms. The average Bonchev–Trinajstić information content (AvgIpc) is 2.81. The van der Waals surface area contributed by atoms with Crippen LogP contribution in [0.2, 0.25) is 0 Å². The Balaban J connectivity index is 1.50. The van der Waals surface area contributed by atoms with Crippen molar-refractivity contribution in [2.45, 2.75) is 38.5 Å². The second-order valence-corrected chi connectivity index (χ2v) is 7.05. The molecule has 0 aromatic heterocycles. The lowest BCUT2D eigenvalue weighted by Crippen LogP contribution is -2.38. The van der Waals surface area contributed by atoms with E-state index in [2.05, 4.69) is 0 Å². The second-order valence-electron chi connectivity index (χ2n) is 7.05. The summed E-state index contributed by atoms with van der Waals surface area (Å²) in [6, 6.07) is 0. The highest BCUT2D eigenvalue weighted by atomic mass is 16.4. The van der Waals surface area contributed by atoms with Crippen molar-refractivity contribution in [1.82, 2.24) is 4.90 Å². The minimum absolute atomic E-state index is 0.201. The molecule has 4 heteroatoms. The number of amides is 1. The van der Waals surface area contributed by atoms with Crippen molar-refractivity contribution >= 4 is 11.9 Å². The zero-order valence-electron chi connectivity index (χ0n) is 11.2. The van der Waals surface area contributed by atoms with Crippen LogP contribution in [0.15, 0.2) is 0 Å². The standard InChI is InChI=1S/C15H21NO3/c17-13(12-10-4-1-5-11(10)12)16-7-9-3-2-6-15(9,8-16)14(18)19/h9-12H,1-8H2,(H,18,19)/t9-,10?,11?,12?,15+/m0/s1. The largest absolute Gasteiger partial charge is 0.481 e. The molecule has 1 N–H and O–H groups in total. The first kappa shape index (κ1) is 11.7. The highest BCUT2D eigenvalue weighted by Gasteiger charge is 2.61. The third-order valence-electron chi connectivity index (χ3n) is 6.30. The summed E-state index contributed by atoms with van der Waals surface area (Å²) in [6.45, 7) is 1.17. The van der Waals surface area contributed by atoms with Gasteiger partial charge in [0.1, 0.15) is 0 Å². The molecular weight excluding hydrogens is 242 g/mol. The Morgan fingerprint density at radius 2 is 1.84 bits per heavy atom. The van der Waals surface area contributed by atoms with E-state index in [1.54, 1.807) is 0 Å². The summed E-state index contributed by atoms with van der Waals surface area (Å²) >= 11 is 0. The van der Waals surface area contributed by atoms with Crippen molar-refractivity contribution in [3.8, 4) is 0 Å². The molecule has 0 aromatic carbocycles. The zero-order valence-corrected chi connectivity index (χ0v) is 11.2. The van der Waals surface area contributed by atoms with E-state index in [1.807, 2.05) is 4.90 Å².